The Morgan fingerprint density at radius 2 is 2.33 bits per heavy atom. The molecular weight excluding hydrogens is 270 g/mol. The zero-order valence-electron chi connectivity index (χ0n) is 12.7. The van der Waals surface area contributed by atoms with Crippen molar-refractivity contribution in [1.82, 2.24) is 25.3 Å². The molecule has 2 rings (SSSR count). The number of hydrogen-bond donors (Lipinski definition) is 2. The lowest BCUT2D eigenvalue weighted by Crippen LogP contribution is -2.48. The first-order valence-corrected chi connectivity index (χ1v) is 7.41. The Hall–Kier alpha value is -1.89. The Labute approximate surface area is 124 Å². The Morgan fingerprint density at radius 3 is 3.00 bits per heavy atom. The fourth-order valence-corrected chi connectivity index (χ4v) is 2.47. The van der Waals surface area contributed by atoms with E-state index in [4.69, 9.17) is 0 Å². The van der Waals surface area contributed by atoms with Crippen molar-refractivity contribution in [3.8, 4) is 0 Å². The van der Waals surface area contributed by atoms with Crippen LogP contribution in [0.1, 0.15) is 29.4 Å². The van der Waals surface area contributed by atoms with Gasteiger partial charge in [-0.15, -0.1) is 0 Å². The highest BCUT2D eigenvalue weighted by Crippen LogP contribution is 2.06. The summed E-state index contributed by atoms with van der Waals surface area (Å²) in [5.41, 5.74) is 1.52. The molecule has 1 saturated heterocycles. The highest BCUT2D eigenvalue weighted by molar-refractivity contribution is 5.95. The molecule has 1 aliphatic heterocycles. The van der Waals surface area contributed by atoms with Crippen LogP contribution in [0.4, 0.5) is 0 Å². The van der Waals surface area contributed by atoms with Crippen LogP contribution in [0.25, 0.3) is 0 Å². The van der Waals surface area contributed by atoms with Gasteiger partial charge in [-0.2, -0.15) is 5.10 Å². The topological polar surface area (TPSA) is 79.3 Å². The lowest BCUT2D eigenvalue weighted by Gasteiger charge is -2.26. The quantitative estimate of drug-likeness (QED) is 0.710. The predicted octanol–water partition coefficient (Wildman–Crippen LogP) is -0.237. The molecule has 21 heavy (non-hydrogen) atoms. The average molecular weight is 293 g/mol. The maximum absolute atomic E-state index is 12.1. The number of nitrogens with zero attached hydrogens (tertiary/aromatic N) is 3. The average Bonchev–Trinajstić information content (AvgIpc) is 2.84. The van der Waals surface area contributed by atoms with Gasteiger partial charge >= 0.3 is 0 Å². The molecule has 0 bridgehead atoms. The van der Waals surface area contributed by atoms with Crippen molar-refractivity contribution in [2.75, 3.05) is 32.7 Å². The van der Waals surface area contributed by atoms with E-state index >= 15 is 0 Å². The number of rotatable bonds is 6. The van der Waals surface area contributed by atoms with Crippen LogP contribution in [0.15, 0.2) is 6.20 Å². The third kappa shape index (κ3) is 4.04. The van der Waals surface area contributed by atoms with Gasteiger partial charge in [-0.1, -0.05) is 0 Å². The van der Waals surface area contributed by atoms with E-state index in [-0.39, 0.29) is 11.8 Å². The summed E-state index contributed by atoms with van der Waals surface area (Å²) < 4.78 is 1.81. The van der Waals surface area contributed by atoms with Crippen LogP contribution in [0.3, 0.4) is 0 Å². The third-order valence-corrected chi connectivity index (χ3v) is 3.70. The first kappa shape index (κ1) is 15.5. The molecule has 116 valence electrons. The van der Waals surface area contributed by atoms with E-state index in [1.807, 2.05) is 13.8 Å². The third-order valence-electron chi connectivity index (χ3n) is 3.70. The van der Waals surface area contributed by atoms with Gasteiger partial charge in [-0.05, 0) is 20.3 Å². The Morgan fingerprint density at radius 1 is 1.52 bits per heavy atom. The largest absolute Gasteiger partial charge is 0.354 e. The van der Waals surface area contributed by atoms with Crippen molar-refractivity contribution in [2.45, 2.75) is 26.8 Å². The van der Waals surface area contributed by atoms with Gasteiger partial charge in [-0.3, -0.25) is 19.2 Å². The number of aryl methyl sites for hydroxylation is 1. The maximum Gasteiger partial charge on any atom is 0.254 e. The summed E-state index contributed by atoms with van der Waals surface area (Å²) in [5, 5.41) is 9.87. The minimum absolute atomic E-state index is 0.0768. The molecule has 0 radical (unpaired) electrons. The summed E-state index contributed by atoms with van der Waals surface area (Å²) in [5.74, 6) is -0.00326. The molecule has 2 amide bonds. The van der Waals surface area contributed by atoms with Crippen molar-refractivity contribution in [2.24, 2.45) is 0 Å². The van der Waals surface area contributed by atoms with Gasteiger partial charge in [0, 0.05) is 38.4 Å². The zero-order valence-corrected chi connectivity index (χ0v) is 12.7. The molecule has 1 fully saturated rings. The van der Waals surface area contributed by atoms with Crippen molar-refractivity contribution < 1.29 is 9.59 Å². The van der Waals surface area contributed by atoms with Gasteiger partial charge in [0.15, 0.2) is 0 Å². The Kier molecular flexibility index (Phi) is 5.32. The molecule has 7 heteroatoms. The van der Waals surface area contributed by atoms with E-state index in [2.05, 4.69) is 20.6 Å². The summed E-state index contributed by atoms with van der Waals surface area (Å²) in [6.07, 6.45) is 2.45. The molecule has 0 saturated carbocycles. The smallest absolute Gasteiger partial charge is 0.254 e. The van der Waals surface area contributed by atoms with E-state index in [0.717, 1.165) is 31.7 Å². The second kappa shape index (κ2) is 7.21. The molecule has 1 aromatic heterocycles. The summed E-state index contributed by atoms with van der Waals surface area (Å²) in [4.78, 5) is 25.4. The number of carbonyl (C=O) groups excluding carboxylic acids is 2. The fourth-order valence-electron chi connectivity index (χ4n) is 2.47. The maximum atomic E-state index is 12.1. The number of aromatic nitrogens is 2. The van der Waals surface area contributed by atoms with Gasteiger partial charge in [0.1, 0.15) is 0 Å². The van der Waals surface area contributed by atoms with Gasteiger partial charge < -0.3 is 10.6 Å². The van der Waals surface area contributed by atoms with Crippen molar-refractivity contribution >= 4 is 11.8 Å². The van der Waals surface area contributed by atoms with Crippen molar-refractivity contribution in [1.29, 1.82) is 0 Å². The minimum Gasteiger partial charge on any atom is -0.354 e. The van der Waals surface area contributed by atoms with E-state index in [1.165, 1.54) is 0 Å². The van der Waals surface area contributed by atoms with E-state index in [1.54, 1.807) is 10.9 Å². The second-order valence-electron chi connectivity index (χ2n) is 5.19. The van der Waals surface area contributed by atoms with E-state index in [9.17, 15) is 9.59 Å². The summed E-state index contributed by atoms with van der Waals surface area (Å²) in [6, 6.07) is 0. The highest BCUT2D eigenvalue weighted by Gasteiger charge is 2.16. The SMILES string of the molecule is CCn1ncc(C(=O)NCCCN2CCNC(=O)C2)c1C. The standard InChI is InChI=1S/C14H23N5O2/c1-3-19-11(2)12(9-17-19)14(21)16-5-4-7-18-8-6-15-13(20)10-18/h9H,3-8,10H2,1-2H3,(H,15,20)(H,16,21). The summed E-state index contributed by atoms with van der Waals surface area (Å²) >= 11 is 0. The number of hydrogen-bond acceptors (Lipinski definition) is 4. The normalized spacial score (nSPS) is 15.8. The van der Waals surface area contributed by atoms with Gasteiger partial charge in [0.25, 0.3) is 5.91 Å². The number of piperazine rings is 1. The number of amides is 2. The van der Waals surface area contributed by atoms with Crippen LogP contribution in [-0.2, 0) is 11.3 Å². The van der Waals surface area contributed by atoms with Crippen molar-refractivity contribution in [3.05, 3.63) is 17.5 Å². The van der Waals surface area contributed by atoms with E-state index in [0.29, 0.717) is 25.2 Å². The second-order valence-corrected chi connectivity index (χ2v) is 5.19. The Balaban J connectivity index is 1.71. The molecule has 0 spiro atoms. The molecule has 2 heterocycles. The molecule has 0 unspecified atom stereocenters. The molecule has 0 aliphatic carbocycles. The van der Waals surface area contributed by atoms with Gasteiger partial charge in [0.2, 0.25) is 5.91 Å². The van der Waals surface area contributed by atoms with Crippen LogP contribution in [-0.4, -0.2) is 59.2 Å². The van der Waals surface area contributed by atoms with Crippen LogP contribution in [0, 0.1) is 6.92 Å². The van der Waals surface area contributed by atoms with E-state index < -0.39 is 0 Å². The molecule has 0 aromatic carbocycles. The first-order valence-electron chi connectivity index (χ1n) is 7.41. The van der Waals surface area contributed by atoms with Gasteiger partial charge in [-0.25, -0.2) is 0 Å². The highest BCUT2D eigenvalue weighted by atomic mass is 16.2. The lowest BCUT2D eigenvalue weighted by atomic mass is 10.2. The van der Waals surface area contributed by atoms with Crippen molar-refractivity contribution in [3.63, 3.8) is 0 Å². The summed E-state index contributed by atoms with van der Waals surface area (Å²) in [6.45, 7) is 8.12. The molecule has 0 atom stereocenters. The zero-order chi connectivity index (χ0) is 15.2. The fraction of sp³-hybridized carbons (Fsp3) is 0.643. The molecule has 7 nitrogen and oxygen atoms in total. The minimum atomic E-state index is -0.0800. The van der Waals surface area contributed by atoms with Crippen LogP contribution in [0.2, 0.25) is 0 Å². The monoisotopic (exact) mass is 293 g/mol. The molecule has 2 N–H and O–H groups in total. The number of nitrogens with one attached hydrogen (secondary N) is 2. The van der Waals surface area contributed by atoms with Crippen LogP contribution >= 0.6 is 0 Å². The van der Waals surface area contributed by atoms with Crippen LogP contribution in [0.5, 0.6) is 0 Å². The van der Waals surface area contributed by atoms with Crippen LogP contribution < -0.4 is 10.6 Å². The molecule has 1 aliphatic rings. The Bertz CT molecular complexity index is 511. The first-order chi connectivity index (χ1) is 10.1. The van der Waals surface area contributed by atoms with Gasteiger partial charge in [0.05, 0.1) is 18.3 Å². The predicted molar refractivity (Wildman–Crippen MR) is 79.0 cm³/mol. The number of carbonyl (C=O) groups is 2. The molecule has 1 aromatic rings. The lowest BCUT2D eigenvalue weighted by molar-refractivity contribution is -0.124. The summed E-state index contributed by atoms with van der Waals surface area (Å²) in [7, 11) is 0. The molecular formula is C14H23N5O2.